The Bertz CT molecular complexity index is 741. The van der Waals surface area contributed by atoms with Gasteiger partial charge in [0.1, 0.15) is 5.60 Å². The van der Waals surface area contributed by atoms with Gasteiger partial charge in [-0.25, -0.2) is 4.79 Å². The Balaban J connectivity index is 2.24. The SMILES string of the molecule is CC(C)(C)OC(=O)N[C@@H](Cc1ccccc1)[C@H](Cc1ccccc1)C(=O)S. The van der Waals surface area contributed by atoms with Gasteiger partial charge in [-0.15, -0.1) is 12.6 Å². The number of carbonyl (C=O) groups is 2. The van der Waals surface area contributed by atoms with E-state index in [1.165, 1.54) is 0 Å². The summed E-state index contributed by atoms with van der Waals surface area (Å²) in [5.41, 5.74) is 1.45. The van der Waals surface area contributed by atoms with Crippen molar-refractivity contribution in [3.63, 3.8) is 0 Å². The molecule has 0 saturated carbocycles. The van der Waals surface area contributed by atoms with E-state index in [0.717, 1.165) is 11.1 Å². The molecule has 0 fully saturated rings. The second-order valence-electron chi connectivity index (χ2n) is 7.58. The fourth-order valence-corrected chi connectivity index (χ4v) is 3.16. The van der Waals surface area contributed by atoms with Gasteiger partial charge >= 0.3 is 6.09 Å². The largest absolute Gasteiger partial charge is 0.444 e. The van der Waals surface area contributed by atoms with E-state index in [-0.39, 0.29) is 5.12 Å². The number of thiol groups is 1. The number of nitrogens with one attached hydrogen (secondary N) is 1. The van der Waals surface area contributed by atoms with E-state index in [9.17, 15) is 9.59 Å². The van der Waals surface area contributed by atoms with Crippen LogP contribution in [-0.2, 0) is 22.4 Å². The Morgan fingerprint density at radius 1 is 0.926 bits per heavy atom. The van der Waals surface area contributed by atoms with Crippen molar-refractivity contribution in [2.24, 2.45) is 5.92 Å². The second-order valence-corrected chi connectivity index (χ2v) is 8.02. The van der Waals surface area contributed by atoms with Crippen LogP contribution in [0.4, 0.5) is 4.79 Å². The zero-order chi connectivity index (χ0) is 19.9. The maximum Gasteiger partial charge on any atom is 0.407 e. The highest BCUT2D eigenvalue weighted by Crippen LogP contribution is 2.20. The van der Waals surface area contributed by atoms with Crippen molar-refractivity contribution in [2.45, 2.75) is 45.3 Å². The summed E-state index contributed by atoms with van der Waals surface area (Å²) in [6.07, 6.45) is 0.483. The molecule has 0 aliphatic carbocycles. The van der Waals surface area contributed by atoms with Gasteiger partial charge in [-0.1, -0.05) is 60.7 Å². The van der Waals surface area contributed by atoms with Gasteiger partial charge in [-0.2, -0.15) is 0 Å². The topological polar surface area (TPSA) is 55.4 Å². The van der Waals surface area contributed by atoms with E-state index >= 15 is 0 Å². The Morgan fingerprint density at radius 3 is 1.85 bits per heavy atom. The van der Waals surface area contributed by atoms with Crippen molar-refractivity contribution in [3.05, 3.63) is 71.8 Å². The molecule has 1 amide bonds. The molecule has 5 heteroatoms. The summed E-state index contributed by atoms with van der Waals surface area (Å²) in [6.45, 7) is 5.43. The van der Waals surface area contributed by atoms with Gasteiger partial charge < -0.3 is 10.1 Å². The minimum Gasteiger partial charge on any atom is -0.444 e. The highest BCUT2D eigenvalue weighted by Gasteiger charge is 2.30. The third kappa shape index (κ3) is 7.47. The van der Waals surface area contributed by atoms with Gasteiger partial charge in [-0.05, 0) is 44.7 Å². The van der Waals surface area contributed by atoms with Gasteiger partial charge in [0.25, 0.3) is 0 Å². The number of hydrogen-bond acceptors (Lipinski definition) is 3. The molecule has 0 aliphatic rings. The van der Waals surface area contributed by atoms with Crippen LogP contribution in [0.2, 0.25) is 0 Å². The molecule has 0 unspecified atom stereocenters. The number of benzene rings is 2. The lowest BCUT2D eigenvalue weighted by Gasteiger charge is -2.28. The van der Waals surface area contributed by atoms with Crippen LogP contribution in [0.1, 0.15) is 31.9 Å². The van der Waals surface area contributed by atoms with Crippen LogP contribution in [0.15, 0.2) is 60.7 Å². The second kappa shape index (κ2) is 9.60. The van der Waals surface area contributed by atoms with Crippen LogP contribution < -0.4 is 5.32 Å². The molecule has 2 aromatic carbocycles. The summed E-state index contributed by atoms with van der Waals surface area (Å²) in [7, 11) is 0. The average molecular weight is 386 g/mol. The number of ether oxygens (including phenoxy) is 1. The summed E-state index contributed by atoms with van der Waals surface area (Å²) in [4.78, 5) is 24.7. The fraction of sp³-hybridized carbons (Fsp3) is 0.364. The first-order chi connectivity index (χ1) is 12.7. The standard InChI is InChI=1S/C22H27NO3S/c1-22(2,3)26-21(25)23-19(15-17-12-8-5-9-13-17)18(20(24)27)14-16-10-6-4-7-11-16/h4-13,18-19H,14-15H2,1-3H3,(H,23,25)(H,24,27)/t18-,19-/m0/s1. The van der Waals surface area contributed by atoms with Crippen molar-refractivity contribution in [3.8, 4) is 0 Å². The molecule has 0 bridgehead atoms. The summed E-state index contributed by atoms with van der Waals surface area (Å²) in [6, 6.07) is 19.1. The first-order valence-corrected chi connectivity index (χ1v) is 9.49. The van der Waals surface area contributed by atoms with E-state index in [2.05, 4.69) is 17.9 Å². The normalized spacial score (nSPS) is 13.5. The average Bonchev–Trinajstić information content (AvgIpc) is 2.59. The van der Waals surface area contributed by atoms with Crippen LogP contribution in [-0.4, -0.2) is 22.9 Å². The maximum absolute atomic E-state index is 12.4. The number of carbonyl (C=O) groups excluding carboxylic acids is 2. The van der Waals surface area contributed by atoms with Gasteiger partial charge in [0, 0.05) is 6.04 Å². The number of rotatable bonds is 7. The first-order valence-electron chi connectivity index (χ1n) is 9.05. The van der Waals surface area contributed by atoms with Crippen molar-refractivity contribution in [2.75, 3.05) is 0 Å². The lowest BCUT2D eigenvalue weighted by Crippen LogP contribution is -2.46. The molecule has 144 valence electrons. The van der Waals surface area contributed by atoms with Gasteiger partial charge in [0.15, 0.2) is 5.12 Å². The molecule has 0 heterocycles. The zero-order valence-corrected chi connectivity index (χ0v) is 16.9. The monoisotopic (exact) mass is 385 g/mol. The number of hydrogen-bond donors (Lipinski definition) is 2. The molecule has 0 aromatic heterocycles. The molecule has 27 heavy (non-hydrogen) atoms. The van der Waals surface area contributed by atoms with E-state index in [1.54, 1.807) is 0 Å². The molecule has 0 radical (unpaired) electrons. The molecule has 2 atom stereocenters. The van der Waals surface area contributed by atoms with Crippen molar-refractivity contribution in [1.82, 2.24) is 5.32 Å². The quantitative estimate of drug-likeness (QED) is 0.693. The summed E-state index contributed by atoms with van der Waals surface area (Å²) < 4.78 is 5.40. The van der Waals surface area contributed by atoms with Crippen LogP contribution >= 0.6 is 12.6 Å². The highest BCUT2D eigenvalue weighted by molar-refractivity contribution is 7.96. The molecular formula is C22H27NO3S. The van der Waals surface area contributed by atoms with Crippen LogP contribution in [0.3, 0.4) is 0 Å². The fourth-order valence-electron chi connectivity index (χ4n) is 2.89. The molecule has 0 saturated heterocycles. The third-order valence-corrected chi connectivity index (χ3v) is 4.43. The van der Waals surface area contributed by atoms with E-state index in [4.69, 9.17) is 4.74 Å². The Labute approximate surface area is 166 Å². The third-order valence-electron chi connectivity index (χ3n) is 4.10. The number of amides is 1. The lowest BCUT2D eigenvalue weighted by molar-refractivity contribution is -0.114. The van der Waals surface area contributed by atoms with Crippen molar-refractivity contribution in [1.29, 1.82) is 0 Å². The molecule has 0 aliphatic heterocycles. The lowest BCUT2D eigenvalue weighted by atomic mass is 9.89. The molecule has 0 spiro atoms. The highest BCUT2D eigenvalue weighted by atomic mass is 32.1. The van der Waals surface area contributed by atoms with Crippen LogP contribution in [0, 0.1) is 5.92 Å². The van der Waals surface area contributed by atoms with E-state index < -0.39 is 23.7 Å². The predicted octanol–water partition coefficient (Wildman–Crippen LogP) is 4.44. The number of alkyl carbamates (subject to hydrolysis) is 1. The molecule has 1 N–H and O–H groups in total. The maximum atomic E-state index is 12.4. The van der Waals surface area contributed by atoms with Gasteiger partial charge in [0.2, 0.25) is 0 Å². The summed E-state index contributed by atoms with van der Waals surface area (Å²) >= 11 is 4.11. The molecular weight excluding hydrogens is 358 g/mol. The molecule has 4 nitrogen and oxygen atoms in total. The van der Waals surface area contributed by atoms with Crippen LogP contribution in [0.5, 0.6) is 0 Å². The van der Waals surface area contributed by atoms with Crippen molar-refractivity contribution >= 4 is 23.8 Å². The Hall–Kier alpha value is -2.27. The summed E-state index contributed by atoms with van der Waals surface area (Å²) in [5, 5.41) is 2.64. The van der Waals surface area contributed by atoms with Gasteiger partial charge in [0.05, 0.1) is 5.92 Å². The minimum absolute atomic E-state index is 0.254. The molecule has 2 aromatic rings. The van der Waals surface area contributed by atoms with Gasteiger partial charge in [-0.3, -0.25) is 4.79 Å². The molecule has 2 rings (SSSR count). The Morgan fingerprint density at radius 2 is 1.41 bits per heavy atom. The predicted molar refractivity (Wildman–Crippen MR) is 111 cm³/mol. The summed E-state index contributed by atoms with van der Waals surface area (Å²) in [5.74, 6) is -0.469. The van der Waals surface area contributed by atoms with E-state index in [0.29, 0.717) is 12.8 Å². The first kappa shape index (κ1) is 21.0. The smallest absolute Gasteiger partial charge is 0.407 e. The van der Waals surface area contributed by atoms with Crippen LogP contribution in [0.25, 0.3) is 0 Å². The van der Waals surface area contributed by atoms with E-state index in [1.807, 2.05) is 81.4 Å². The minimum atomic E-state index is -0.610. The zero-order valence-electron chi connectivity index (χ0n) is 16.0. The Kier molecular flexibility index (Phi) is 7.48. The van der Waals surface area contributed by atoms with Crippen molar-refractivity contribution < 1.29 is 14.3 Å².